The molecular formula is C48H74F3N3O11. The average Bonchev–Trinajstić information content (AvgIpc) is 3.26. The van der Waals surface area contributed by atoms with E-state index in [2.05, 4.69) is 17.6 Å². The monoisotopic (exact) mass is 926 g/mol. The second-order valence-corrected chi connectivity index (χ2v) is 16.9. The average molecular weight is 926 g/mol. The Labute approximate surface area is 382 Å². The van der Waals surface area contributed by atoms with Gasteiger partial charge < -0.3 is 45.9 Å². The molecule has 0 radical (unpaired) electrons. The van der Waals surface area contributed by atoms with Crippen LogP contribution in [0.5, 0.6) is 0 Å². The number of aliphatic hydroxyl groups excluding tert-OH is 1. The minimum atomic E-state index is -5.08. The molecule has 0 saturated carbocycles. The molecule has 0 saturated heterocycles. The minimum Gasteiger partial charge on any atom is -0.481 e. The Bertz CT molecular complexity index is 1650. The molecule has 7 N–H and O–H groups in total. The summed E-state index contributed by atoms with van der Waals surface area (Å²) >= 11 is 0. The molecule has 2 aromatic rings. The lowest BCUT2D eigenvalue weighted by molar-refractivity contribution is -0.192. The summed E-state index contributed by atoms with van der Waals surface area (Å²) in [4.78, 5) is 62.0. The maximum absolute atomic E-state index is 14.1. The largest absolute Gasteiger partial charge is 0.490 e. The van der Waals surface area contributed by atoms with E-state index in [1.165, 1.54) is 65.2 Å². The zero-order valence-corrected chi connectivity index (χ0v) is 38.9. The van der Waals surface area contributed by atoms with E-state index < -0.39 is 84.2 Å². The molecule has 17 heteroatoms. The maximum atomic E-state index is 14.1. The highest BCUT2D eigenvalue weighted by atomic mass is 19.4. The number of aliphatic carboxylic acids is 2. The quantitative estimate of drug-likeness (QED) is 0.0316. The number of carboxylic acid groups (broad SMARTS) is 2. The van der Waals surface area contributed by atoms with E-state index in [1.807, 2.05) is 67.6 Å². The fraction of sp³-hybridized carbons (Fsp3) is 0.646. The molecule has 0 heterocycles. The van der Waals surface area contributed by atoms with Crippen molar-refractivity contribution in [3.8, 4) is 0 Å². The van der Waals surface area contributed by atoms with Crippen molar-refractivity contribution in [2.75, 3.05) is 6.61 Å². The fourth-order valence-corrected chi connectivity index (χ4v) is 6.77. The molecule has 2 rings (SSSR count). The second-order valence-electron chi connectivity index (χ2n) is 16.9. The van der Waals surface area contributed by atoms with Gasteiger partial charge in [-0.2, -0.15) is 13.2 Å². The van der Waals surface area contributed by atoms with Gasteiger partial charge in [0, 0.05) is 5.92 Å². The molecule has 0 bridgehead atoms. The first-order valence-corrected chi connectivity index (χ1v) is 22.8. The molecule has 0 spiro atoms. The number of hydrogen-bond acceptors (Lipinski definition) is 10. The van der Waals surface area contributed by atoms with Crippen molar-refractivity contribution in [3.63, 3.8) is 0 Å². The summed E-state index contributed by atoms with van der Waals surface area (Å²) in [6, 6.07) is 15.1. The van der Waals surface area contributed by atoms with Crippen LogP contribution in [0.4, 0.5) is 13.2 Å². The van der Waals surface area contributed by atoms with E-state index in [0.717, 1.165) is 30.4 Å². The van der Waals surface area contributed by atoms with Gasteiger partial charge in [-0.05, 0) is 37.3 Å². The van der Waals surface area contributed by atoms with Crippen molar-refractivity contribution < 1.29 is 66.7 Å². The Morgan fingerprint density at radius 3 is 1.63 bits per heavy atom. The molecule has 65 heavy (non-hydrogen) atoms. The summed E-state index contributed by atoms with van der Waals surface area (Å²) in [6.07, 6.45) is 5.67. The van der Waals surface area contributed by atoms with Crippen LogP contribution in [0.3, 0.4) is 0 Å². The number of hydrogen-bond donors (Lipinski definition) is 6. The summed E-state index contributed by atoms with van der Waals surface area (Å²) in [7, 11) is 0. The standard InChI is InChI=1S/C46H73N3O9.C2HF3O2/c1-7-8-9-10-11-12-13-14-15-16-23-28-39(57-30-37-26-21-18-22-27-37)33(4)42(34(5)45(53)54)58-46(55)38(31-56-29-36-24-19-17-20-25-36)48-44(52)41(35(6)50)49-43(51)40(47)32(2)3;3-2(4,5)1(6)7/h17-22,24-27,32-35,38-42,50H,7-16,23,28-31,47H2,1-6H3,(H,48,52)(H,49,51)(H,53,54);(H,6,7)/t33-,34+,35+,38-,39+,40-,41-,42+;/m0./s1. The molecule has 14 nitrogen and oxygen atoms in total. The number of carbonyl (C=O) groups excluding carboxylic acids is 3. The number of nitrogens with two attached hydrogens (primary N) is 1. The van der Waals surface area contributed by atoms with Gasteiger partial charge in [0.05, 0.1) is 44.0 Å². The van der Waals surface area contributed by atoms with Crippen molar-refractivity contribution in [2.24, 2.45) is 23.5 Å². The third kappa shape index (κ3) is 24.5. The number of esters is 1. The third-order valence-electron chi connectivity index (χ3n) is 11.0. The van der Waals surface area contributed by atoms with Crippen molar-refractivity contribution in [1.82, 2.24) is 10.6 Å². The van der Waals surface area contributed by atoms with Crippen LogP contribution in [0.1, 0.15) is 130 Å². The Kier molecular flexibility index (Phi) is 28.9. The fourth-order valence-electron chi connectivity index (χ4n) is 6.77. The predicted molar refractivity (Wildman–Crippen MR) is 240 cm³/mol. The lowest BCUT2D eigenvalue weighted by Gasteiger charge is -2.34. The molecule has 0 aliphatic heterocycles. The summed E-state index contributed by atoms with van der Waals surface area (Å²) < 4.78 is 50.2. The van der Waals surface area contributed by atoms with Crippen LogP contribution in [0.2, 0.25) is 0 Å². The number of carboxylic acids is 2. The Hall–Kier alpha value is -4.58. The summed E-state index contributed by atoms with van der Waals surface area (Å²) in [5, 5.41) is 32.9. The van der Waals surface area contributed by atoms with Crippen LogP contribution in [-0.4, -0.2) is 94.3 Å². The molecule has 0 aliphatic carbocycles. The summed E-state index contributed by atoms with van der Waals surface area (Å²) in [5.41, 5.74) is 7.78. The molecule has 368 valence electrons. The van der Waals surface area contributed by atoms with Crippen molar-refractivity contribution in [3.05, 3.63) is 71.8 Å². The van der Waals surface area contributed by atoms with Crippen LogP contribution in [0.25, 0.3) is 0 Å². The van der Waals surface area contributed by atoms with Gasteiger partial charge in [-0.15, -0.1) is 0 Å². The zero-order valence-electron chi connectivity index (χ0n) is 38.9. The third-order valence-corrected chi connectivity index (χ3v) is 11.0. The molecular weight excluding hydrogens is 852 g/mol. The predicted octanol–water partition coefficient (Wildman–Crippen LogP) is 7.73. The Balaban J connectivity index is 0.00000277. The highest BCUT2D eigenvalue weighted by Gasteiger charge is 2.40. The number of alkyl halides is 3. The number of unbranched alkanes of at least 4 members (excludes halogenated alkanes) is 10. The van der Waals surface area contributed by atoms with Crippen LogP contribution in [-0.2, 0) is 51.4 Å². The highest BCUT2D eigenvalue weighted by molar-refractivity contribution is 5.92. The number of amides is 2. The van der Waals surface area contributed by atoms with Gasteiger partial charge in [0.25, 0.3) is 0 Å². The molecule has 2 aromatic carbocycles. The Morgan fingerprint density at radius 1 is 0.708 bits per heavy atom. The van der Waals surface area contributed by atoms with E-state index in [4.69, 9.17) is 29.8 Å². The van der Waals surface area contributed by atoms with Crippen molar-refractivity contribution in [2.45, 2.75) is 174 Å². The van der Waals surface area contributed by atoms with Gasteiger partial charge in [-0.3, -0.25) is 14.4 Å². The first-order chi connectivity index (χ1) is 30.7. The molecule has 8 atom stereocenters. The molecule has 0 fully saturated rings. The first kappa shape index (κ1) is 58.4. The second kappa shape index (κ2) is 32.2. The number of ether oxygens (including phenoxy) is 3. The highest BCUT2D eigenvalue weighted by Crippen LogP contribution is 2.28. The Morgan fingerprint density at radius 2 is 1.18 bits per heavy atom. The van der Waals surface area contributed by atoms with Gasteiger partial charge in [-0.1, -0.05) is 159 Å². The van der Waals surface area contributed by atoms with Crippen LogP contribution in [0.15, 0.2) is 60.7 Å². The van der Waals surface area contributed by atoms with E-state index in [-0.39, 0.29) is 19.1 Å². The normalized spacial score (nSPS) is 15.2. The number of carbonyl (C=O) groups is 5. The zero-order chi connectivity index (χ0) is 49.0. The molecule has 2 amide bonds. The maximum Gasteiger partial charge on any atom is 0.490 e. The smallest absolute Gasteiger partial charge is 0.481 e. The van der Waals surface area contributed by atoms with Crippen LogP contribution >= 0.6 is 0 Å². The minimum absolute atomic E-state index is 0.111. The topological polar surface area (TPSA) is 224 Å². The first-order valence-electron chi connectivity index (χ1n) is 22.8. The van der Waals surface area contributed by atoms with Crippen LogP contribution in [0, 0.1) is 17.8 Å². The number of aliphatic hydroxyl groups is 1. The van der Waals surface area contributed by atoms with Crippen LogP contribution < -0.4 is 16.4 Å². The van der Waals surface area contributed by atoms with Gasteiger partial charge in [0.2, 0.25) is 11.8 Å². The SMILES string of the molecule is CCCCCCCCCCCCC[C@@H](OCc1ccccc1)[C@H](C)[C@@H](OC(=O)[C@H](COCc1ccccc1)NC(=O)[C@@H](NC(=O)[C@@H](N)C(C)C)[C@@H](C)O)[C@@H](C)C(=O)O.O=C(O)C(F)(F)F. The summed E-state index contributed by atoms with van der Waals surface area (Å²) in [6.45, 7) is 10.5. The van der Waals surface area contributed by atoms with Crippen molar-refractivity contribution >= 4 is 29.7 Å². The van der Waals surface area contributed by atoms with E-state index in [9.17, 15) is 42.6 Å². The molecule has 0 aromatic heterocycles. The molecule has 0 unspecified atom stereocenters. The summed E-state index contributed by atoms with van der Waals surface area (Å²) in [5.74, 6) is -8.24. The lowest BCUT2D eigenvalue weighted by Crippen LogP contribution is -2.59. The van der Waals surface area contributed by atoms with Crippen molar-refractivity contribution in [1.29, 1.82) is 0 Å². The number of halogens is 3. The number of benzene rings is 2. The molecule has 0 aliphatic rings. The van der Waals surface area contributed by atoms with Gasteiger partial charge in [-0.25, -0.2) is 9.59 Å². The lowest BCUT2D eigenvalue weighted by atomic mass is 9.86. The number of rotatable bonds is 31. The van der Waals surface area contributed by atoms with E-state index in [0.29, 0.717) is 13.0 Å². The van der Waals surface area contributed by atoms with Gasteiger partial charge >= 0.3 is 24.1 Å². The van der Waals surface area contributed by atoms with Gasteiger partial charge in [0.15, 0.2) is 6.04 Å². The van der Waals surface area contributed by atoms with E-state index >= 15 is 0 Å². The van der Waals surface area contributed by atoms with Gasteiger partial charge in [0.1, 0.15) is 12.1 Å². The van der Waals surface area contributed by atoms with E-state index in [1.54, 1.807) is 13.8 Å². The number of nitrogens with one attached hydrogen (secondary N) is 2.